The average molecular weight is 448 g/mol. The lowest BCUT2D eigenvalue weighted by Gasteiger charge is -2.07. The van der Waals surface area contributed by atoms with Crippen molar-refractivity contribution in [2.24, 2.45) is 0 Å². The summed E-state index contributed by atoms with van der Waals surface area (Å²) < 4.78 is 7.46. The number of halogens is 1. The van der Waals surface area contributed by atoms with E-state index in [-0.39, 0.29) is 11.5 Å². The van der Waals surface area contributed by atoms with Gasteiger partial charge in [-0.1, -0.05) is 39.8 Å². The summed E-state index contributed by atoms with van der Waals surface area (Å²) in [5.74, 6) is 7.66. The Hall–Kier alpha value is -2.52. The summed E-state index contributed by atoms with van der Waals surface area (Å²) in [6, 6.07) is 14.8. The number of nitrogens with one attached hydrogen (secondary N) is 1. The van der Waals surface area contributed by atoms with E-state index in [1.54, 1.807) is 19.2 Å². The minimum absolute atomic E-state index is 0.00779. The first-order valence-electron chi connectivity index (χ1n) is 8.05. The number of nitrogen functional groups attached to an aromatic ring is 1. The number of ether oxygens (including phenoxy) is 1. The predicted molar refractivity (Wildman–Crippen MR) is 110 cm³/mol. The molecule has 27 heavy (non-hydrogen) atoms. The van der Waals surface area contributed by atoms with Gasteiger partial charge >= 0.3 is 0 Å². The first kappa shape index (κ1) is 19.2. The fourth-order valence-electron chi connectivity index (χ4n) is 2.27. The lowest BCUT2D eigenvalue weighted by Crippen LogP contribution is -2.17. The van der Waals surface area contributed by atoms with Gasteiger partial charge in [-0.2, -0.15) is 0 Å². The molecule has 0 unspecified atom stereocenters. The molecule has 0 aliphatic heterocycles. The Morgan fingerprint density at radius 2 is 1.89 bits per heavy atom. The van der Waals surface area contributed by atoms with Crippen LogP contribution in [0, 0.1) is 0 Å². The Labute approximate surface area is 169 Å². The number of carbonyl (C=O) groups excluding carboxylic acids is 1. The molecule has 3 N–H and O–H groups in total. The quantitative estimate of drug-likeness (QED) is 0.310. The molecule has 0 bridgehead atoms. The van der Waals surface area contributed by atoms with E-state index in [4.69, 9.17) is 10.6 Å². The highest BCUT2D eigenvalue weighted by atomic mass is 79.9. The number of anilines is 1. The Morgan fingerprint density at radius 3 is 2.56 bits per heavy atom. The largest absolute Gasteiger partial charge is 0.497 e. The van der Waals surface area contributed by atoms with Crippen LogP contribution in [0.5, 0.6) is 5.75 Å². The molecule has 1 heterocycles. The summed E-state index contributed by atoms with van der Waals surface area (Å²) in [7, 11) is 1.63. The topological polar surface area (TPSA) is 95.1 Å². The van der Waals surface area contributed by atoms with Crippen LogP contribution in [0.2, 0.25) is 0 Å². The summed E-state index contributed by atoms with van der Waals surface area (Å²) in [5, 5.41) is 11.9. The number of methoxy groups -OCH3 is 1. The van der Waals surface area contributed by atoms with Crippen molar-refractivity contribution in [2.45, 2.75) is 11.7 Å². The molecule has 3 rings (SSSR count). The third kappa shape index (κ3) is 5.01. The molecule has 0 radical (unpaired) electrons. The molecule has 7 nitrogen and oxygen atoms in total. The summed E-state index contributed by atoms with van der Waals surface area (Å²) in [6.07, 6.45) is 0. The Balaban J connectivity index is 1.56. The minimum Gasteiger partial charge on any atom is -0.497 e. The van der Waals surface area contributed by atoms with Crippen LogP contribution >= 0.6 is 27.7 Å². The molecule has 140 valence electrons. The number of thioether (sulfide) groups is 1. The van der Waals surface area contributed by atoms with E-state index >= 15 is 0 Å². The van der Waals surface area contributed by atoms with E-state index in [0.29, 0.717) is 23.1 Å². The fraction of sp³-hybridized carbons (Fsp3) is 0.167. The predicted octanol–water partition coefficient (Wildman–Crippen LogP) is 3.35. The van der Waals surface area contributed by atoms with Gasteiger partial charge in [-0.3, -0.25) is 4.79 Å². The zero-order valence-corrected chi connectivity index (χ0v) is 17.0. The summed E-state index contributed by atoms with van der Waals surface area (Å²) in [6.45, 7) is 0.414. The number of aromatic nitrogens is 3. The van der Waals surface area contributed by atoms with Crippen molar-refractivity contribution < 1.29 is 9.53 Å². The average Bonchev–Trinajstić information content (AvgIpc) is 3.05. The third-order valence-corrected chi connectivity index (χ3v) is 5.25. The lowest BCUT2D eigenvalue weighted by atomic mass is 10.2. The number of hydrogen-bond donors (Lipinski definition) is 2. The van der Waals surface area contributed by atoms with E-state index in [9.17, 15) is 4.79 Å². The van der Waals surface area contributed by atoms with Crippen LogP contribution in [0.15, 0.2) is 58.2 Å². The monoisotopic (exact) mass is 447 g/mol. The van der Waals surface area contributed by atoms with Gasteiger partial charge in [-0.05, 0) is 36.4 Å². The molecule has 9 heteroatoms. The van der Waals surface area contributed by atoms with Crippen molar-refractivity contribution in [1.29, 1.82) is 0 Å². The first-order chi connectivity index (χ1) is 13.1. The number of benzene rings is 2. The van der Waals surface area contributed by atoms with Gasteiger partial charge in [0.15, 0.2) is 11.6 Å². The van der Waals surface area contributed by atoms with E-state index < -0.39 is 0 Å². The molecule has 0 amide bonds. The van der Waals surface area contributed by atoms with Gasteiger partial charge in [0.1, 0.15) is 5.75 Å². The molecule has 0 aliphatic rings. The zero-order chi connectivity index (χ0) is 19.2. The summed E-state index contributed by atoms with van der Waals surface area (Å²) >= 11 is 4.61. The van der Waals surface area contributed by atoms with E-state index in [1.807, 2.05) is 36.4 Å². The fourth-order valence-corrected chi connectivity index (χ4v) is 3.30. The summed E-state index contributed by atoms with van der Waals surface area (Å²) in [5.41, 5.74) is 1.56. The van der Waals surface area contributed by atoms with Crippen molar-refractivity contribution in [3.05, 3.63) is 64.4 Å². The van der Waals surface area contributed by atoms with Crippen LogP contribution in [0.1, 0.15) is 16.2 Å². The molecule has 3 aromatic rings. The van der Waals surface area contributed by atoms with Crippen molar-refractivity contribution in [3.8, 4) is 5.75 Å². The molecule has 0 saturated carbocycles. The number of hydrogen-bond acceptors (Lipinski definition) is 7. The van der Waals surface area contributed by atoms with Gasteiger partial charge in [0.25, 0.3) is 0 Å². The second-order valence-corrected chi connectivity index (χ2v) is 7.43. The third-order valence-electron chi connectivity index (χ3n) is 3.77. The van der Waals surface area contributed by atoms with Gasteiger partial charge in [0.2, 0.25) is 5.16 Å². The maximum atomic E-state index is 12.3. The highest BCUT2D eigenvalue weighted by Crippen LogP contribution is 2.19. The molecular weight excluding hydrogens is 430 g/mol. The maximum absolute atomic E-state index is 12.3. The van der Waals surface area contributed by atoms with Crippen LogP contribution in [0.25, 0.3) is 0 Å². The van der Waals surface area contributed by atoms with Crippen molar-refractivity contribution >= 4 is 39.2 Å². The number of ketones is 1. The smallest absolute Gasteiger partial charge is 0.210 e. The number of rotatable bonds is 8. The second-order valence-electron chi connectivity index (χ2n) is 5.57. The second kappa shape index (κ2) is 8.92. The number of carbonyl (C=O) groups is 1. The number of Topliss-reactive ketones (excluding diaryl/α,β-unsaturated/α-hetero) is 1. The SMILES string of the molecule is COc1ccc(NCc2nnc(SCC(=O)c3ccc(Br)cc3)n2N)cc1. The van der Waals surface area contributed by atoms with Gasteiger partial charge < -0.3 is 15.9 Å². The number of nitrogens with two attached hydrogens (primary N) is 1. The molecule has 0 saturated heterocycles. The van der Waals surface area contributed by atoms with Crippen molar-refractivity contribution in [2.75, 3.05) is 24.0 Å². The van der Waals surface area contributed by atoms with Gasteiger partial charge in [-0.15, -0.1) is 10.2 Å². The Morgan fingerprint density at radius 1 is 1.19 bits per heavy atom. The molecular formula is C18H18BrN5O2S. The molecule has 0 spiro atoms. The van der Waals surface area contributed by atoms with Crippen LogP contribution in [-0.2, 0) is 6.54 Å². The van der Waals surface area contributed by atoms with Gasteiger partial charge in [-0.25, -0.2) is 4.68 Å². The Kier molecular flexibility index (Phi) is 6.36. The normalized spacial score (nSPS) is 10.6. The highest BCUT2D eigenvalue weighted by molar-refractivity contribution is 9.10. The zero-order valence-electron chi connectivity index (χ0n) is 14.6. The first-order valence-corrected chi connectivity index (χ1v) is 9.83. The molecule has 0 atom stereocenters. The van der Waals surface area contributed by atoms with Crippen molar-refractivity contribution in [1.82, 2.24) is 14.9 Å². The van der Waals surface area contributed by atoms with E-state index in [2.05, 4.69) is 31.4 Å². The standard InChI is InChI=1S/C18H18BrN5O2S/c1-26-15-8-6-14(7-9-15)21-10-17-22-23-18(24(17)20)27-11-16(25)12-2-4-13(19)5-3-12/h2-9,21H,10-11,20H2,1H3. The van der Waals surface area contributed by atoms with Crippen LogP contribution in [0.3, 0.4) is 0 Å². The highest BCUT2D eigenvalue weighted by Gasteiger charge is 2.13. The summed E-state index contributed by atoms with van der Waals surface area (Å²) in [4.78, 5) is 12.3. The number of nitrogens with zero attached hydrogens (tertiary/aromatic N) is 3. The molecule has 0 aliphatic carbocycles. The maximum Gasteiger partial charge on any atom is 0.210 e. The van der Waals surface area contributed by atoms with E-state index in [1.165, 1.54) is 16.4 Å². The minimum atomic E-state index is 0.00779. The van der Waals surface area contributed by atoms with Crippen LogP contribution in [-0.4, -0.2) is 33.5 Å². The van der Waals surface area contributed by atoms with Crippen molar-refractivity contribution in [3.63, 3.8) is 0 Å². The van der Waals surface area contributed by atoms with Gasteiger partial charge in [0.05, 0.1) is 19.4 Å². The van der Waals surface area contributed by atoms with Crippen LogP contribution in [0.4, 0.5) is 5.69 Å². The van der Waals surface area contributed by atoms with E-state index in [0.717, 1.165) is 15.9 Å². The van der Waals surface area contributed by atoms with Gasteiger partial charge in [0, 0.05) is 15.7 Å². The molecule has 1 aromatic heterocycles. The molecule has 0 fully saturated rings. The van der Waals surface area contributed by atoms with Crippen LogP contribution < -0.4 is 15.9 Å². The molecule has 2 aromatic carbocycles. The lowest BCUT2D eigenvalue weighted by molar-refractivity contribution is 0.102. The Bertz CT molecular complexity index is 913.